The molecule has 2 aromatic rings. The Labute approximate surface area is 142 Å². The van der Waals surface area contributed by atoms with E-state index in [0.717, 1.165) is 28.0 Å². The summed E-state index contributed by atoms with van der Waals surface area (Å²) in [5, 5.41) is 3.62. The van der Waals surface area contributed by atoms with Crippen molar-refractivity contribution in [3.8, 4) is 0 Å². The van der Waals surface area contributed by atoms with Crippen LogP contribution in [0.3, 0.4) is 0 Å². The van der Waals surface area contributed by atoms with Crippen LogP contribution in [0.25, 0.3) is 0 Å². The van der Waals surface area contributed by atoms with Crippen molar-refractivity contribution >= 4 is 40.0 Å². The number of hydrogen-bond donors (Lipinski definition) is 1. The molecule has 0 aliphatic carbocycles. The number of hydrogen-bond acceptors (Lipinski definition) is 3. The van der Waals surface area contributed by atoms with Gasteiger partial charge in [-0.3, -0.25) is 0 Å². The zero-order chi connectivity index (χ0) is 15.4. The first-order chi connectivity index (χ1) is 10.1. The van der Waals surface area contributed by atoms with E-state index >= 15 is 0 Å². The average molecular weight is 420 g/mol. The first kappa shape index (κ1) is 16.4. The van der Waals surface area contributed by atoms with Gasteiger partial charge in [-0.05, 0) is 48.1 Å². The highest BCUT2D eigenvalue weighted by Crippen LogP contribution is 2.24. The molecule has 6 heteroatoms. The van der Waals surface area contributed by atoms with E-state index in [1.54, 1.807) is 12.1 Å². The van der Waals surface area contributed by atoms with Crippen LogP contribution < -0.4 is 5.32 Å². The molecule has 0 fully saturated rings. The second kappa shape index (κ2) is 7.35. The lowest BCUT2D eigenvalue weighted by atomic mass is 10.1. The van der Waals surface area contributed by atoms with E-state index in [9.17, 15) is 4.39 Å². The third kappa shape index (κ3) is 3.83. The highest BCUT2D eigenvalue weighted by Gasteiger charge is 2.14. The Morgan fingerprint density at radius 3 is 2.67 bits per heavy atom. The van der Waals surface area contributed by atoms with E-state index in [-0.39, 0.29) is 12.2 Å². The van der Waals surface area contributed by atoms with Crippen LogP contribution in [0, 0.1) is 9.39 Å². The maximum Gasteiger partial charge on any atom is 0.143 e. The zero-order valence-corrected chi connectivity index (χ0v) is 14.8. The van der Waals surface area contributed by atoms with Crippen LogP contribution >= 0.6 is 34.2 Å². The fraction of sp³-hybridized carbons (Fsp3) is 0.333. The van der Waals surface area contributed by atoms with Gasteiger partial charge in [-0.25, -0.2) is 14.4 Å². The molecule has 3 nitrogen and oxygen atoms in total. The maximum absolute atomic E-state index is 13.9. The van der Waals surface area contributed by atoms with E-state index in [1.807, 2.05) is 13.8 Å². The van der Waals surface area contributed by atoms with Crippen LogP contribution in [0.4, 0.5) is 10.2 Å². The molecule has 0 aliphatic heterocycles. The molecule has 112 valence electrons. The first-order valence-corrected chi connectivity index (χ1v) is 8.24. The molecule has 0 amide bonds. The second-order valence-electron chi connectivity index (χ2n) is 4.51. The molecule has 0 saturated carbocycles. The van der Waals surface area contributed by atoms with Gasteiger partial charge in [0.15, 0.2) is 0 Å². The van der Waals surface area contributed by atoms with Crippen molar-refractivity contribution < 1.29 is 4.39 Å². The molecule has 2 rings (SSSR count). The SMILES string of the molecule is CCNc1nc(Cc2c(F)cccc2Cl)nc(CC)c1I. The monoisotopic (exact) mass is 419 g/mol. The molecular weight excluding hydrogens is 404 g/mol. The van der Waals surface area contributed by atoms with Crippen LogP contribution in [0.5, 0.6) is 0 Å². The van der Waals surface area contributed by atoms with E-state index < -0.39 is 0 Å². The van der Waals surface area contributed by atoms with Gasteiger partial charge in [0.25, 0.3) is 0 Å². The summed E-state index contributed by atoms with van der Waals surface area (Å²) in [6.45, 7) is 4.83. The number of benzene rings is 1. The van der Waals surface area contributed by atoms with Crippen molar-refractivity contribution in [3.63, 3.8) is 0 Å². The molecule has 0 unspecified atom stereocenters. The van der Waals surface area contributed by atoms with Gasteiger partial charge in [-0.1, -0.05) is 24.6 Å². The fourth-order valence-electron chi connectivity index (χ4n) is 2.00. The lowest BCUT2D eigenvalue weighted by molar-refractivity contribution is 0.612. The van der Waals surface area contributed by atoms with Gasteiger partial charge in [0.05, 0.1) is 9.26 Å². The average Bonchev–Trinajstić information content (AvgIpc) is 2.46. The van der Waals surface area contributed by atoms with Crippen LogP contribution in [-0.4, -0.2) is 16.5 Å². The molecule has 1 heterocycles. The van der Waals surface area contributed by atoms with Gasteiger partial charge in [-0.15, -0.1) is 0 Å². The summed E-state index contributed by atoms with van der Waals surface area (Å²) in [7, 11) is 0. The topological polar surface area (TPSA) is 37.8 Å². The Hall–Kier alpha value is -0.950. The standard InChI is InChI=1S/C15H16ClFIN3/c1-3-12-14(18)15(19-4-2)21-13(20-12)8-9-10(16)6-5-7-11(9)17/h5-7H,3-4,8H2,1-2H3,(H,19,20,21). The molecule has 0 atom stereocenters. The van der Waals surface area contributed by atoms with Crippen molar-refractivity contribution in [2.45, 2.75) is 26.7 Å². The Bertz CT molecular complexity index is 629. The van der Waals surface area contributed by atoms with Gasteiger partial charge in [0, 0.05) is 23.6 Å². The summed E-state index contributed by atoms with van der Waals surface area (Å²) in [5.74, 6) is 1.05. The summed E-state index contributed by atoms with van der Waals surface area (Å²) < 4.78 is 14.9. The van der Waals surface area contributed by atoms with Crippen molar-refractivity contribution in [1.29, 1.82) is 0 Å². The third-order valence-corrected chi connectivity index (χ3v) is 4.53. The van der Waals surface area contributed by atoms with Gasteiger partial charge < -0.3 is 5.32 Å². The van der Waals surface area contributed by atoms with Crippen molar-refractivity contribution in [1.82, 2.24) is 9.97 Å². The molecule has 0 bridgehead atoms. The van der Waals surface area contributed by atoms with E-state index in [2.05, 4.69) is 37.9 Å². The van der Waals surface area contributed by atoms with Crippen LogP contribution in [0.15, 0.2) is 18.2 Å². The molecule has 1 aromatic carbocycles. The molecule has 1 aromatic heterocycles. The van der Waals surface area contributed by atoms with Crippen LogP contribution in [-0.2, 0) is 12.8 Å². The second-order valence-corrected chi connectivity index (χ2v) is 6.00. The van der Waals surface area contributed by atoms with Crippen molar-refractivity contribution in [3.05, 3.63) is 49.7 Å². The Morgan fingerprint density at radius 2 is 2.05 bits per heavy atom. The molecule has 0 spiro atoms. The summed E-state index contributed by atoms with van der Waals surface area (Å²) in [5.41, 5.74) is 1.40. The van der Waals surface area contributed by atoms with E-state index in [1.165, 1.54) is 6.07 Å². The predicted octanol–water partition coefficient (Wildman–Crippen LogP) is 4.46. The highest BCUT2D eigenvalue weighted by molar-refractivity contribution is 14.1. The highest BCUT2D eigenvalue weighted by atomic mass is 127. The molecule has 21 heavy (non-hydrogen) atoms. The molecule has 0 saturated heterocycles. The lowest BCUT2D eigenvalue weighted by Crippen LogP contribution is -2.10. The fourth-order valence-corrected chi connectivity index (χ4v) is 3.05. The third-order valence-electron chi connectivity index (χ3n) is 3.04. The minimum Gasteiger partial charge on any atom is -0.369 e. The molecular formula is C15H16ClFIN3. The molecule has 0 radical (unpaired) electrons. The largest absolute Gasteiger partial charge is 0.369 e. The normalized spacial score (nSPS) is 10.7. The Balaban J connectivity index is 2.42. The van der Waals surface area contributed by atoms with Crippen molar-refractivity contribution in [2.75, 3.05) is 11.9 Å². The Kier molecular flexibility index (Phi) is 5.75. The van der Waals surface area contributed by atoms with E-state index in [4.69, 9.17) is 11.6 Å². The number of aromatic nitrogens is 2. The number of rotatable bonds is 5. The zero-order valence-electron chi connectivity index (χ0n) is 11.9. The molecule has 1 N–H and O–H groups in total. The minimum absolute atomic E-state index is 0.286. The van der Waals surface area contributed by atoms with Gasteiger partial charge >= 0.3 is 0 Å². The Morgan fingerprint density at radius 1 is 1.29 bits per heavy atom. The minimum atomic E-state index is -0.326. The van der Waals surface area contributed by atoms with Gasteiger partial charge in [0.2, 0.25) is 0 Å². The summed E-state index contributed by atoms with van der Waals surface area (Å²) in [6.07, 6.45) is 1.09. The van der Waals surface area contributed by atoms with E-state index in [0.29, 0.717) is 16.4 Å². The number of nitrogens with one attached hydrogen (secondary N) is 1. The summed E-state index contributed by atoms with van der Waals surface area (Å²) >= 11 is 8.31. The van der Waals surface area contributed by atoms with Gasteiger partial charge in [-0.2, -0.15) is 0 Å². The van der Waals surface area contributed by atoms with Crippen molar-refractivity contribution in [2.24, 2.45) is 0 Å². The molecule has 0 aliphatic rings. The lowest BCUT2D eigenvalue weighted by Gasteiger charge is -2.12. The van der Waals surface area contributed by atoms with Crippen LogP contribution in [0.2, 0.25) is 5.02 Å². The quantitative estimate of drug-likeness (QED) is 0.727. The smallest absolute Gasteiger partial charge is 0.143 e. The summed E-state index contributed by atoms with van der Waals surface area (Å²) in [4.78, 5) is 9.02. The summed E-state index contributed by atoms with van der Waals surface area (Å²) in [6, 6.07) is 4.68. The van der Waals surface area contributed by atoms with Gasteiger partial charge in [0.1, 0.15) is 17.5 Å². The number of nitrogens with zero attached hydrogens (tertiary/aromatic N) is 2. The number of aryl methyl sites for hydroxylation is 1. The maximum atomic E-state index is 13.9. The first-order valence-electron chi connectivity index (χ1n) is 6.78. The predicted molar refractivity (Wildman–Crippen MR) is 92.5 cm³/mol. The van der Waals surface area contributed by atoms with Crippen LogP contribution in [0.1, 0.15) is 30.9 Å². The number of anilines is 1. The number of halogens is 3.